The molecule has 0 saturated heterocycles. The molecule has 2 aromatic rings. The number of esters is 1. The van der Waals surface area contributed by atoms with Crippen LogP contribution >= 0.6 is 11.6 Å². The predicted molar refractivity (Wildman–Crippen MR) is 86.6 cm³/mol. The van der Waals surface area contributed by atoms with Gasteiger partial charge < -0.3 is 10.1 Å². The van der Waals surface area contributed by atoms with Gasteiger partial charge in [-0.25, -0.2) is 4.39 Å². The zero-order valence-electron chi connectivity index (χ0n) is 12.6. The van der Waals surface area contributed by atoms with Crippen molar-refractivity contribution in [3.8, 4) is 6.07 Å². The van der Waals surface area contributed by atoms with E-state index in [0.29, 0.717) is 21.7 Å². The normalized spacial score (nSPS) is 21.9. The smallest absolute Gasteiger partial charge is 0.317 e. The number of halogens is 2. The van der Waals surface area contributed by atoms with Crippen molar-refractivity contribution in [1.82, 2.24) is 0 Å². The summed E-state index contributed by atoms with van der Waals surface area (Å²) in [6, 6.07) is 12.3. The fourth-order valence-electron chi connectivity index (χ4n) is 3.25. The third kappa shape index (κ3) is 2.11. The molecule has 0 amide bonds. The van der Waals surface area contributed by atoms with Crippen molar-refractivity contribution in [2.75, 3.05) is 7.11 Å². The number of fused-ring (bicyclic) bond motifs is 1. The van der Waals surface area contributed by atoms with Crippen molar-refractivity contribution in [2.45, 2.75) is 5.41 Å². The molecule has 24 heavy (non-hydrogen) atoms. The monoisotopic (exact) mass is 342 g/mol. The number of ether oxygens (including phenoxy) is 1. The van der Waals surface area contributed by atoms with Gasteiger partial charge in [0.05, 0.1) is 18.9 Å². The quantitative estimate of drug-likeness (QED) is 0.849. The Morgan fingerprint density at radius 2 is 2.00 bits per heavy atom. The van der Waals surface area contributed by atoms with Crippen LogP contribution in [0.3, 0.4) is 0 Å². The first-order valence-electron chi connectivity index (χ1n) is 7.09. The molecule has 0 aromatic heterocycles. The zero-order valence-corrected chi connectivity index (χ0v) is 13.4. The first-order valence-corrected chi connectivity index (χ1v) is 7.47. The first kappa shape index (κ1) is 16.2. The summed E-state index contributed by atoms with van der Waals surface area (Å²) in [5.74, 6) is -2.30. The average molecular weight is 343 g/mol. The lowest BCUT2D eigenvalue weighted by atomic mass is 9.70. The molecule has 0 heterocycles. The van der Waals surface area contributed by atoms with Crippen LogP contribution in [-0.4, -0.2) is 18.8 Å². The van der Waals surface area contributed by atoms with Crippen LogP contribution in [0.5, 0.6) is 0 Å². The second-order valence-corrected chi connectivity index (χ2v) is 5.92. The van der Waals surface area contributed by atoms with E-state index in [2.05, 4.69) is 6.07 Å². The Hall–Kier alpha value is -2.71. The number of carbonyl (C=O) groups is 1. The molecule has 1 aliphatic carbocycles. The fourth-order valence-corrected chi connectivity index (χ4v) is 3.42. The van der Waals surface area contributed by atoms with Crippen molar-refractivity contribution in [1.29, 1.82) is 10.7 Å². The lowest BCUT2D eigenvalue weighted by molar-refractivity contribution is -0.143. The largest absolute Gasteiger partial charge is 0.468 e. The van der Waals surface area contributed by atoms with Gasteiger partial charge in [0.2, 0.25) is 0 Å². The SMILES string of the molecule is COC(=O)C1C(=N)c2cc(Cl)ccc2C1(C#N)c1ccc(F)cc1. The van der Waals surface area contributed by atoms with E-state index in [1.165, 1.54) is 31.4 Å². The minimum atomic E-state index is -1.46. The van der Waals surface area contributed by atoms with Gasteiger partial charge in [-0.1, -0.05) is 29.8 Å². The summed E-state index contributed by atoms with van der Waals surface area (Å²) >= 11 is 6.01. The van der Waals surface area contributed by atoms with E-state index in [4.69, 9.17) is 21.7 Å². The van der Waals surface area contributed by atoms with Crippen molar-refractivity contribution < 1.29 is 13.9 Å². The number of nitrogens with one attached hydrogen (secondary N) is 1. The molecule has 4 nitrogen and oxygen atoms in total. The summed E-state index contributed by atoms with van der Waals surface area (Å²) in [5, 5.41) is 18.8. The molecule has 3 rings (SSSR count). The molecule has 1 N–H and O–H groups in total. The Labute approximate surface area is 142 Å². The molecule has 0 aliphatic heterocycles. The van der Waals surface area contributed by atoms with Crippen LogP contribution in [0.4, 0.5) is 4.39 Å². The Kier molecular flexibility index (Phi) is 3.86. The van der Waals surface area contributed by atoms with Crippen molar-refractivity contribution in [2.24, 2.45) is 5.92 Å². The highest BCUT2D eigenvalue weighted by Gasteiger charge is 2.56. The maximum atomic E-state index is 13.3. The van der Waals surface area contributed by atoms with Crippen LogP contribution < -0.4 is 0 Å². The number of nitriles is 1. The lowest BCUT2D eigenvalue weighted by Crippen LogP contribution is -2.39. The van der Waals surface area contributed by atoms with Gasteiger partial charge in [0.1, 0.15) is 17.2 Å². The predicted octanol–water partition coefficient (Wildman–Crippen LogP) is 3.46. The first-order chi connectivity index (χ1) is 11.5. The third-order valence-corrected chi connectivity index (χ3v) is 4.57. The van der Waals surface area contributed by atoms with Crippen LogP contribution in [0.2, 0.25) is 5.02 Å². The molecule has 2 atom stereocenters. The van der Waals surface area contributed by atoms with E-state index in [-0.39, 0.29) is 5.71 Å². The second kappa shape index (κ2) is 5.73. The molecule has 2 unspecified atom stereocenters. The van der Waals surface area contributed by atoms with E-state index >= 15 is 0 Å². The third-order valence-electron chi connectivity index (χ3n) is 4.33. The van der Waals surface area contributed by atoms with E-state index in [1.54, 1.807) is 18.2 Å². The van der Waals surface area contributed by atoms with Gasteiger partial charge in [-0.3, -0.25) is 4.79 Å². The second-order valence-electron chi connectivity index (χ2n) is 5.49. The summed E-state index contributed by atoms with van der Waals surface area (Å²) in [4.78, 5) is 12.4. The average Bonchev–Trinajstić information content (AvgIpc) is 2.84. The Morgan fingerprint density at radius 1 is 1.33 bits per heavy atom. The van der Waals surface area contributed by atoms with E-state index in [1.807, 2.05) is 0 Å². The van der Waals surface area contributed by atoms with Gasteiger partial charge in [-0.15, -0.1) is 0 Å². The number of carbonyl (C=O) groups excluding carboxylic acids is 1. The van der Waals surface area contributed by atoms with Crippen LogP contribution in [0.15, 0.2) is 42.5 Å². The van der Waals surface area contributed by atoms with Crippen LogP contribution in [0.1, 0.15) is 16.7 Å². The van der Waals surface area contributed by atoms with Gasteiger partial charge in [-0.05, 0) is 35.4 Å². The number of nitrogens with zero attached hydrogens (tertiary/aromatic N) is 1. The van der Waals surface area contributed by atoms with Crippen LogP contribution in [-0.2, 0) is 14.9 Å². The minimum absolute atomic E-state index is 0.0368. The lowest BCUT2D eigenvalue weighted by Gasteiger charge is -2.28. The van der Waals surface area contributed by atoms with Crippen molar-refractivity contribution >= 4 is 23.3 Å². The summed E-state index contributed by atoms with van der Waals surface area (Å²) in [6.45, 7) is 0. The molecule has 0 fully saturated rings. The highest BCUT2D eigenvalue weighted by molar-refractivity contribution is 6.31. The molecule has 120 valence electrons. The molecule has 0 saturated carbocycles. The number of benzene rings is 2. The Balaban J connectivity index is 2.35. The Morgan fingerprint density at radius 3 is 2.58 bits per heavy atom. The molecule has 0 radical (unpaired) electrons. The number of hydrogen-bond acceptors (Lipinski definition) is 4. The van der Waals surface area contributed by atoms with Crippen LogP contribution in [0.25, 0.3) is 0 Å². The summed E-state index contributed by atoms with van der Waals surface area (Å²) < 4.78 is 18.1. The van der Waals surface area contributed by atoms with E-state index < -0.39 is 23.1 Å². The molecule has 6 heteroatoms. The number of methoxy groups -OCH3 is 1. The van der Waals surface area contributed by atoms with Crippen LogP contribution in [0, 0.1) is 28.5 Å². The zero-order chi connectivity index (χ0) is 17.5. The summed E-state index contributed by atoms with van der Waals surface area (Å²) in [6.07, 6.45) is 0. The minimum Gasteiger partial charge on any atom is -0.468 e. The van der Waals surface area contributed by atoms with Gasteiger partial charge in [-0.2, -0.15) is 5.26 Å². The van der Waals surface area contributed by atoms with Gasteiger partial charge >= 0.3 is 5.97 Å². The van der Waals surface area contributed by atoms with Crippen molar-refractivity contribution in [3.63, 3.8) is 0 Å². The van der Waals surface area contributed by atoms with E-state index in [9.17, 15) is 14.4 Å². The number of hydrogen-bond donors (Lipinski definition) is 1. The molecular formula is C18H12ClFN2O2. The van der Waals surface area contributed by atoms with Crippen molar-refractivity contribution in [3.05, 3.63) is 70.0 Å². The van der Waals surface area contributed by atoms with E-state index in [0.717, 1.165) is 0 Å². The Bertz CT molecular complexity index is 889. The fraction of sp³-hybridized carbons (Fsp3) is 0.167. The van der Waals surface area contributed by atoms with Gasteiger partial charge in [0, 0.05) is 10.6 Å². The summed E-state index contributed by atoms with van der Waals surface area (Å²) in [5.41, 5.74) is -0.166. The van der Waals surface area contributed by atoms with Gasteiger partial charge in [0.15, 0.2) is 0 Å². The standard InChI is InChI=1S/C18H12ClFN2O2/c1-24-17(23)15-16(22)13-8-11(19)4-7-14(13)18(15,9-21)10-2-5-12(20)6-3-10/h2-8,15,22H,1H3. The molecule has 0 bridgehead atoms. The van der Waals surface area contributed by atoms with Gasteiger partial charge in [0.25, 0.3) is 0 Å². The topological polar surface area (TPSA) is 73.9 Å². The molecule has 2 aromatic carbocycles. The maximum Gasteiger partial charge on any atom is 0.317 e. The molecular weight excluding hydrogens is 331 g/mol. The molecule has 0 spiro atoms. The highest BCUT2D eigenvalue weighted by Crippen LogP contribution is 2.48. The number of rotatable bonds is 2. The highest BCUT2D eigenvalue weighted by atomic mass is 35.5. The maximum absolute atomic E-state index is 13.3. The molecule has 1 aliphatic rings. The summed E-state index contributed by atoms with van der Waals surface area (Å²) in [7, 11) is 1.21.